The number of benzene rings is 2. The Hall–Kier alpha value is -2.38. The molecule has 0 N–H and O–H groups in total. The molecule has 0 radical (unpaired) electrons. The Bertz CT molecular complexity index is 1140. The van der Waals surface area contributed by atoms with Crippen molar-refractivity contribution >= 4 is 16.0 Å². The Morgan fingerprint density at radius 3 is 2.21 bits per heavy atom. The molecule has 7 heteroatoms. The number of hydrogen-bond donors (Lipinski definition) is 0. The Labute approximate surface area is 204 Å². The van der Waals surface area contributed by atoms with Crippen LogP contribution in [0.1, 0.15) is 64.5 Å². The summed E-state index contributed by atoms with van der Waals surface area (Å²) in [4.78, 5) is 12.0. The summed E-state index contributed by atoms with van der Waals surface area (Å²) in [5.74, 6) is 0.380. The molecule has 0 aromatic heterocycles. The van der Waals surface area contributed by atoms with Crippen molar-refractivity contribution < 1.29 is 22.7 Å². The van der Waals surface area contributed by atoms with Crippen LogP contribution >= 0.6 is 0 Å². The average molecular weight is 488 g/mol. The van der Waals surface area contributed by atoms with E-state index in [1.165, 1.54) is 36.4 Å². The Balaban J connectivity index is 1.74. The summed E-state index contributed by atoms with van der Waals surface area (Å²) in [7, 11) is -2.59. The first-order valence-corrected chi connectivity index (χ1v) is 13.2. The van der Waals surface area contributed by atoms with Gasteiger partial charge in [0.1, 0.15) is 11.4 Å². The van der Waals surface area contributed by atoms with E-state index >= 15 is 0 Å². The molecular weight excluding hydrogens is 450 g/mol. The highest BCUT2D eigenvalue weighted by molar-refractivity contribution is 7.91. The number of hydrogen-bond acceptors (Lipinski definition) is 5. The van der Waals surface area contributed by atoms with E-state index in [9.17, 15) is 13.2 Å². The number of aryl methyl sites for hydroxylation is 1. The number of esters is 1. The number of nitrogens with zero attached hydrogens (tertiary/aromatic N) is 1. The van der Waals surface area contributed by atoms with Crippen molar-refractivity contribution in [3.8, 4) is 16.9 Å². The number of ether oxygens (including phenoxy) is 2. The zero-order chi connectivity index (χ0) is 25.3. The quantitative estimate of drug-likeness (QED) is 0.517. The lowest BCUT2D eigenvalue weighted by atomic mass is 9.87. The average Bonchev–Trinajstić information content (AvgIpc) is 2.77. The Morgan fingerprint density at radius 1 is 1.00 bits per heavy atom. The Kier molecular flexibility index (Phi) is 7.48. The topological polar surface area (TPSA) is 72.9 Å². The number of piperidine rings is 1. The van der Waals surface area contributed by atoms with Crippen LogP contribution in [0, 0.1) is 6.92 Å². The van der Waals surface area contributed by atoms with E-state index in [1.807, 2.05) is 32.9 Å². The molecule has 3 rings (SSSR count). The fraction of sp³-hybridized carbons (Fsp3) is 0.519. The third-order valence-corrected chi connectivity index (χ3v) is 8.91. The van der Waals surface area contributed by atoms with Crippen molar-refractivity contribution in [2.45, 2.75) is 70.7 Å². The van der Waals surface area contributed by atoms with Crippen molar-refractivity contribution in [3.05, 3.63) is 53.6 Å². The summed E-state index contributed by atoms with van der Waals surface area (Å²) < 4.78 is 36.6. The predicted molar refractivity (Wildman–Crippen MR) is 136 cm³/mol. The van der Waals surface area contributed by atoms with Gasteiger partial charge in [-0.1, -0.05) is 30.3 Å². The third kappa shape index (κ3) is 5.47. The molecule has 186 valence electrons. The van der Waals surface area contributed by atoms with Gasteiger partial charge in [-0.05, 0) is 94.7 Å². The van der Waals surface area contributed by atoms with Gasteiger partial charge in [-0.2, -0.15) is 0 Å². The highest BCUT2D eigenvalue weighted by Gasteiger charge is 2.47. The first kappa shape index (κ1) is 26.2. The second kappa shape index (κ2) is 9.70. The lowest BCUT2D eigenvalue weighted by molar-refractivity contribution is -0.142. The van der Waals surface area contributed by atoms with Crippen molar-refractivity contribution in [3.63, 3.8) is 0 Å². The number of methoxy groups -OCH3 is 1. The van der Waals surface area contributed by atoms with Gasteiger partial charge in [0.25, 0.3) is 0 Å². The van der Waals surface area contributed by atoms with Crippen LogP contribution in [0.3, 0.4) is 0 Å². The van der Waals surface area contributed by atoms with Crippen LogP contribution in [0.15, 0.2) is 42.5 Å². The Morgan fingerprint density at radius 2 is 1.65 bits per heavy atom. The molecule has 1 aliphatic heterocycles. The lowest BCUT2D eigenvalue weighted by Gasteiger charge is -2.35. The van der Waals surface area contributed by atoms with E-state index in [2.05, 4.69) is 37.3 Å². The highest BCUT2D eigenvalue weighted by Crippen LogP contribution is 2.35. The molecule has 2 aromatic carbocycles. The zero-order valence-corrected chi connectivity index (χ0v) is 22.2. The number of carbonyl (C=O) groups is 1. The molecule has 1 aliphatic rings. The van der Waals surface area contributed by atoms with Crippen molar-refractivity contribution in [2.24, 2.45) is 0 Å². The summed E-state index contributed by atoms with van der Waals surface area (Å²) in [6, 6.07) is 14.6. The van der Waals surface area contributed by atoms with Crippen LogP contribution in [0.25, 0.3) is 11.1 Å². The maximum absolute atomic E-state index is 13.0. The van der Waals surface area contributed by atoms with Gasteiger partial charge in [0.05, 0.1) is 7.11 Å². The molecule has 0 amide bonds. The molecule has 1 fully saturated rings. The second-order valence-electron chi connectivity index (χ2n) is 10.5. The molecule has 0 bridgehead atoms. The normalized spacial score (nSPS) is 16.3. The minimum Gasteiger partial charge on any atom is -0.488 e. The maximum atomic E-state index is 13.0. The van der Waals surface area contributed by atoms with Gasteiger partial charge in [-0.25, -0.2) is 12.7 Å². The van der Waals surface area contributed by atoms with Gasteiger partial charge in [-0.15, -0.1) is 0 Å². The van der Waals surface area contributed by atoms with Crippen LogP contribution in [-0.2, 0) is 19.6 Å². The maximum Gasteiger partial charge on any atom is 0.328 e. The fourth-order valence-electron chi connectivity index (χ4n) is 4.45. The van der Waals surface area contributed by atoms with E-state index in [0.29, 0.717) is 25.9 Å². The fourth-order valence-corrected chi connectivity index (χ4v) is 6.08. The summed E-state index contributed by atoms with van der Waals surface area (Å²) >= 11 is 0. The molecule has 6 nitrogen and oxygen atoms in total. The molecule has 0 aliphatic carbocycles. The van der Waals surface area contributed by atoms with Crippen LogP contribution in [0.2, 0.25) is 0 Å². The smallest absolute Gasteiger partial charge is 0.328 e. The molecule has 0 unspecified atom stereocenters. The van der Waals surface area contributed by atoms with Gasteiger partial charge >= 0.3 is 5.97 Å². The van der Waals surface area contributed by atoms with Crippen LogP contribution < -0.4 is 4.74 Å². The van der Waals surface area contributed by atoms with Crippen molar-refractivity contribution in [1.82, 2.24) is 4.31 Å². The van der Waals surface area contributed by atoms with Gasteiger partial charge in [0, 0.05) is 13.1 Å². The highest BCUT2D eigenvalue weighted by atomic mass is 32.2. The van der Waals surface area contributed by atoms with Crippen molar-refractivity contribution in [1.29, 1.82) is 0 Å². The predicted octanol–water partition coefficient (Wildman–Crippen LogP) is 5.30. The molecular formula is C27H37NO5S. The largest absolute Gasteiger partial charge is 0.488 e. The standard InChI is InChI=1S/C27H37NO5S/c1-19-17-21(11-12-24(19)22-9-8-10-23(18-22)33-26(2,3)4)20-13-15-28(16-14-20)34(30,31)27(5,6)25(29)32-7/h8-12,17-18,20H,13-16H2,1-7H3. The van der Waals surface area contributed by atoms with E-state index in [-0.39, 0.29) is 11.5 Å². The number of rotatable bonds is 6. The molecule has 34 heavy (non-hydrogen) atoms. The minimum atomic E-state index is -3.80. The van der Waals surface area contributed by atoms with Gasteiger partial charge < -0.3 is 9.47 Å². The molecule has 0 atom stereocenters. The molecule has 0 saturated carbocycles. The zero-order valence-electron chi connectivity index (χ0n) is 21.3. The second-order valence-corrected chi connectivity index (χ2v) is 13.0. The molecule has 0 spiro atoms. The lowest BCUT2D eigenvalue weighted by Crippen LogP contribution is -2.52. The SMILES string of the molecule is COC(=O)C(C)(C)S(=O)(=O)N1CCC(c2ccc(-c3cccc(OC(C)(C)C)c3)c(C)c2)CC1. The summed E-state index contributed by atoms with van der Waals surface area (Å²) in [5.41, 5.74) is 4.39. The summed E-state index contributed by atoms with van der Waals surface area (Å²) in [5, 5.41) is 0. The molecule has 2 aromatic rings. The van der Waals surface area contributed by atoms with Crippen LogP contribution in [0.4, 0.5) is 0 Å². The van der Waals surface area contributed by atoms with Gasteiger partial charge in [0.15, 0.2) is 4.75 Å². The van der Waals surface area contributed by atoms with Gasteiger partial charge in [0.2, 0.25) is 10.0 Å². The van der Waals surface area contributed by atoms with Crippen LogP contribution in [0.5, 0.6) is 5.75 Å². The molecule has 1 saturated heterocycles. The minimum absolute atomic E-state index is 0.258. The summed E-state index contributed by atoms with van der Waals surface area (Å²) in [6.07, 6.45) is 1.42. The van der Waals surface area contributed by atoms with E-state index in [1.54, 1.807) is 0 Å². The van der Waals surface area contributed by atoms with E-state index in [0.717, 1.165) is 16.9 Å². The summed E-state index contributed by atoms with van der Waals surface area (Å²) in [6.45, 7) is 11.8. The van der Waals surface area contributed by atoms with E-state index in [4.69, 9.17) is 9.47 Å². The number of carbonyl (C=O) groups excluding carboxylic acids is 1. The van der Waals surface area contributed by atoms with Gasteiger partial charge in [-0.3, -0.25) is 4.79 Å². The molecule has 1 heterocycles. The van der Waals surface area contributed by atoms with Crippen LogP contribution in [-0.4, -0.2) is 49.2 Å². The first-order chi connectivity index (χ1) is 15.8. The first-order valence-electron chi connectivity index (χ1n) is 11.7. The van der Waals surface area contributed by atoms with Crippen molar-refractivity contribution in [2.75, 3.05) is 20.2 Å². The van der Waals surface area contributed by atoms with E-state index < -0.39 is 20.7 Å². The number of sulfonamides is 1. The third-order valence-electron chi connectivity index (χ3n) is 6.41. The monoisotopic (exact) mass is 487 g/mol.